The summed E-state index contributed by atoms with van der Waals surface area (Å²) >= 11 is 2.95. The summed E-state index contributed by atoms with van der Waals surface area (Å²) in [6.45, 7) is 2.06. The Balaban J connectivity index is 2.09. The normalized spacial score (nSPS) is 23.7. The molecule has 0 spiro atoms. The zero-order chi connectivity index (χ0) is 13.0. The zero-order valence-electron chi connectivity index (χ0n) is 10.00. The van der Waals surface area contributed by atoms with E-state index in [1.807, 2.05) is 30.3 Å². The van der Waals surface area contributed by atoms with Crippen LogP contribution in [0.1, 0.15) is 17.1 Å². The van der Waals surface area contributed by atoms with Crippen molar-refractivity contribution in [2.24, 2.45) is 0 Å². The van der Waals surface area contributed by atoms with Crippen LogP contribution in [0.15, 0.2) is 30.3 Å². The van der Waals surface area contributed by atoms with Crippen LogP contribution in [0.4, 0.5) is 0 Å². The van der Waals surface area contributed by atoms with Crippen molar-refractivity contribution in [1.82, 2.24) is 0 Å². The van der Waals surface area contributed by atoms with Gasteiger partial charge in [-0.2, -0.15) is 0 Å². The van der Waals surface area contributed by atoms with E-state index in [2.05, 4.69) is 0 Å². The first-order valence-electron chi connectivity index (χ1n) is 5.73. The number of ketones is 1. The van der Waals surface area contributed by atoms with Crippen molar-refractivity contribution in [2.45, 2.75) is 16.8 Å². The van der Waals surface area contributed by atoms with Gasteiger partial charge in [0.05, 0.1) is 16.9 Å². The van der Waals surface area contributed by atoms with Crippen molar-refractivity contribution in [1.29, 1.82) is 0 Å². The molecule has 5 heteroatoms. The maximum Gasteiger partial charge on any atom is 0.326 e. The molecular formula is C13H14O3S2. The summed E-state index contributed by atoms with van der Waals surface area (Å²) in [7, 11) is 0. The molecule has 2 rings (SSSR count). The number of carbonyl (C=O) groups is 2. The van der Waals surface area contributed by atoms with Gasteiger partial charge in [-0.25, -0.2) is 0 Å². The quantitative estimate of drug-likeness (QED) is 0.630. The molecule has 0 aliphatic carbocycles. The predicted molar refractivity (Wildman–Crippen MR) is 74.7 cm³/mol. The molecular weight excluding hydrogens is 268 g/mol. The van der Waals surface area contributed by atoms with Crippen LogP contribution < -0.4 is 0 Å². The molecule has 0 bridgehead atoms. The Morgan fingerprint density at radius 2 is 2.11 bits per heavy atom. The Kier molecular flexibility index (Phi) is 4.72. The highest BCUT2D eigenvalue weighted by atomic mass is 32.2. The Bertz CT molecular complexity index is 433. The maximum atomic E-state index is 11.7. The van der Waals surface area contributed by atoms with Gasteiger partial charge in [-0.05, 0) is 12.5 Å². The van der Waals surface area contributed by atoms with Crippen LogP contribution in [-0.2, 0) is 14.3 Å². The molecule has 0 amide bonds. The molecule has 0 saturated carbocycles. The van der Waals surface area contributed by atoms with Gasteiger partial charge in [0.15, 0.2) is 11.0 Å². The van der Waals surface area contributed by atoms with Crippen molar-refractivity contribution >= 4 is 35.3 Å². The SMILES string of the molecule is CCOC(=O)[C@@H]1S[C@@H](c2ccccc2)SCC1=O. The smallest absolute Gasteiger partial charge is 0.326 e. The summed E-state index contributed by atoms with van der Waals surface area (Å²) in [6.07, 6.45) is 0. The van der Waals surface area contributed by atoms with E-state index >= 15 is 0 Å². The molecule has 2 atom stereocenters. The van der Waals surface area contributed by atoms with E-state index < -0.39 is 11.2 Å². The van der Waals surface area contributed by atoms with E-state index in [4.69, 9.17) is 4.74 Å². The third-order valence-electron chi connectivity index (χ3n) is 2.50. The van der Waals surface area contributed by atoms with Crippen molar-refractivity contribution in [3.63, 3.8) is 0 Å². The molecule has 0 radical (unpaired) electrons. The number of hydrogen-bond acceptors (Lipinski definition) is 5. The van der Waals surface area contributed by atoms with Crippen molar-refractivity contribution < 1.29 is 14.3 Å². The molecule has 1 aliphatic rings. The second kappa shape index (κ2) is 6.29. The summed E-state index contributed by atoms with van der Waals surface area (Å²) in [5, 5.41) is -0.670. The van der Waals surface area contributed by atoms with Crippen LogP contribution in [0.5, 0.6) is 0 Å². The molecule has 1 saturated heterocycles. The van der Waals surface area contributed by atoms with Crippen LogP contribution >= 0.6 is 23.5 Å². The fraction of sp³-hybridized carbons (Fsp3) is 0.385. The lowest BCUT2D eigenvalue weighted by atomic mass is 10.2. The molecule has 0 aromatic heterocycles. The van der Waals surface area contributed by atoms with Gasteiger partial charge in [0, 0.05) is 0 Å². The number of esters is 1. The highest BCUT2D eigenvalue weighted by Gasteiger charge is 2.36. The number of rotatable bonds is 3. The van der Waals surface area contributed by atoms with E-state index in [9.17, 15) is 9.59 Å². The summed E-state index contributed by atoms with van der Waals surface area (Å²) in [4.78, 5) is 23.5. The minimum Gasteiger partial charge on any atom is -0.465 e. The topological polar surface area (TPSA) is 43.4 Å². The third-order valence-corrected chi connectivity index (χ3v) is 5.52. The standard InChI is InChI=1S/C13H14O3S2/c1-2-16-12(15)11-10(14)8-17-13(18-11)9-6-4-3-5-7-9/h3-7,11,13H,2,8H2,1H3/t11-,13+/m1/s1. The Morgan fingerprint density at radius 3 is 2.78 bits per heavy atom. The first-order valence-corrected chi connectivity index (χ1v) is 7.73. The lowest BCUT2D eigenvalue weighted by Gasteiger charge is -2.26. The van der Waals surface area contributed by atoms with Crippen molar-refractivity contribution in [3.8, 4) is 0 Å². The van der Waals surface area contributed by atoms with Gasteiger partial charge in [-0.1, -0.05) is 30.3 Å². The predicted octanol–water partition coefficient (Wildman–Crippen LogP) is 2.67. The van der Waals surface area contributed by atoms with Gasteiger partial charge in [0.2, 0.25) is 0 Å². The minimum absolute atomic E-state index is 0.0457. The van der Waals surface area contributed by atoms with Gasteiger partial charge >= 0.3 is 5.97 Å². The number of Topliss-reactive ketones (excluding diaryl/α,β-unsaturated/α-hetero) is 1. The molecule has 0 N–H and O–H groups in total. The highest BCUT2D eigenvalue weighted by Crippen LogP contribution is 2.46. The average molecular weight is 282 g/mol. The van der Waals surface area contributed by atoms with Gasteiger partial charge < -0.3 is 4.74 Å². The number of ether oxygens (including phenoxy) is 1. The van der Waals surface area contributed by atoms with Crippen molar-refractivity contribution in [2.75, 3.05) is 12.4 Å². The van der Waals surface area contributed by atoms with Crippen LogP contribution in [-0.4, -0.2) is 29.4 Å². The Labute approximate surface area is 115 Å². The lowest BCUT2D eigenvalue weighted by Crippen LogP contribution is -2.33. The lowest BCUT2D eigenvalue weighted by molar-refractivity contribution is -0.144. The molecule has 1 aromatic carbocycles. The second-order valence-corrected chi connectivity index (χ2v) is 6.39. The fourth-order valence-electron chi connectivity index (χ4n) is 1.66. The Hall–Kier alpha value is -0.940. The minimum atomic E-state index is -0.670. The number of thioether (sulfide) groups is 2. The molecule has 18 heavy (non-hydrogen) atoms. The molecule has 96 valence electrons. The van der Waals surface area contributed by atoms with Gasteiger partial charge in [0.1, 0.15) is 0 Å². The summed E-state index contributed by atoms with van der Waals surface area (Å²) in [6, 6.07) is 9.92. The number of benzene rings is 1. The van der Waals surface area contributed by atoms with E-state index in [-0.39, 0.29) is 10.4 Å². The molecule has 3 nitrogen and oxygen atoms in total. The molecule has 1 aromatic rings. The molecule has 1 fully saturated rings. The van der Waals surface area contributed by atoms with Crippen LogP contribution in [0.25, 0.3) is 0 Å². The second-order valence-electron chi connectivity index (χ2n) is 3.79. The summed E-state index contributed by atoms with van der Waals surface area (Å²) in [5.41, 5.74) is 1.13. The number of carbonyl (C=O) groups excluding carboxylic acids is 2. The van der Waals surface area contributed by atoms with Crippen LogP contribution in [0.3, 0.4) is 0 Å². The van der Waals surface area contributed by atoms with E-state index in [1.54, 1.807) is 18.7 Å². The van der Waals surface area contributed by atoms with Gasteiger partial charge in [0.25, 0.3) is 0 Å². The first kappa shape index (κ1) is 13.5. The third kappa shape index (κ3) is 3.09. The van der Waals surface area contributed by atoms with Crippen molar-refractivity contribution in [3.05, 3.63) is 35.9 Å². The first-order chi connectivity index (χ1) is 8.72. The average Bonchev–Trinajstić information content (AvgIpc) is 2.40. The maximum absolute atomic E-state index is 11.7. The van der Waals surface area contributed by atoms with Gasteiger partial charge in [-0.15, -0.1) is 23.5 Å². The van der Waals surface area contributed by atoms with Crippen LogP contribution in [0, 0.1) is 0 Å². The largest absolute Gasteiger partial charge is 0.465 e. The van der Waals surface area contributed by atoms with Crippen LogP contribution in [0.2, 0.25) is 0 Å². The summed E-state index contributed by atoms with van der Waals surface area (Å²) in [5.74, 6) is -0.0832. The monoisotopic (exact) mass is 282 g/mol. The highest BCUT2D eigenvalue weighted by molar-refractivity contribution is 8.18. The van der Waals surface area contributed by atoms with E-state index in [1.165, 1.54) is 11.8 Å². The molecule has 1 heterocycles. The van der Waals surface area contributed by atoms with E-state index in [0.717, 1.165) is 5.56 Å². The fourth-order valence-corrected chi connectivity index (χ4v) is 4.43. The summed E-state index contributed by atoms with van der Waals surface area (Å²) < 4.78 is 5.07. The van der Waals surface area contributed by atoms with E-state index in [0.29, 0.717) is 12.4 Å². The molecule has 1 aliphatic heterocycles. The zero-order valence-corrected chi connectivity index (χ0v) is 11.6. The van der Waals surface area contributed by atoms with Gasteiger partial charge in [-0.3, -0.25) is 9.59 Å². The number of hydrogen-bond donors (Lipinski definition) is 0. The molecule has 0 unspecified atom stereocenters. The Morgan fingerprint density at radius 1 is 1.39 bits per heavy atom.